The van der Waals surface area contributed by atoms with Crippen LogP contribution < -0.4 is 11.1 Å². The van der Waals surface area contributed by atoms with Crippen molar-refractivity contribution in [3.63, 3.8) is 0 Å². The molecule has 2 rings (SSSR count). The van der Waals surface area contributed by atoms with Gasteiger partial charge in [-0.3, -0.25) is 0 Å². The van der Waals surface area contributed by atoms with Crippen LogP contribution in [0.15, 0.2) is 30.9 Å². The summed E-state index contributed by atoms with van der Waals surface area (Å²) in [5, 5.41) is 3.09. The molecule has 0 amide bonds. The highest BCUT2D eigenvalue weighted by molar-refractivity contribution is 7.80. The zero-order valence-corrected chi connectivity index (χ0v) is 10.0. The highest BCUT2D eigenvalue weighted by Crippen LogP contribution is 2.15. The summed E-state index contributed by atoms with van der Waals surface area (Å²) in [4.78, 5) is 12.5. The maximum absolute atomic E-state index is 5.60. The Morgan fingerprint density at radius 3 is 2.65 bits per heavy atom. The Bertz CT molecular complexity index is 541. The Morgan fingerprint density at radius 1 is 1.29 bits per heavy atom. The van der Waals surface area contributed by atoms with Gasteiger partial charge in [-0.1, -0.05) is 12.2 Å². The maximum atomic E-state index is 5.60. The van der Waals surface area contributed by atoms with E-state index in [1.165, 1.54) is 6.33 Å². The second-order valence-electron chi connectivity index (χ2n) is 3.50. The summed E-state index contributed by atoms with van der Waals surface area (Å²) in [6, 6.07) is 3.64. The average molecular weight is 245 g/mol. The standard InChI is InChI=1S/C11H11N5S/c1-7-2-8(11(12)17)3-10(15-7)16-9-4-13-6-14-5-9/h2-6H,1H3,(H2,12,17)(H,15,16). The maximum Gasteiger partial charge on any atom is 0.131 e. The predicted molar refractivity (Wildman–Crippen MR) is 70.2 cm³/mol. The number of rotatable bonds is 3. The van der Waals surface area contributed by atoms with Crippen LogP contribution in [0.3, 0.4) is 0 Å². The first kappa shape index (κ1) is 11.4. The molecule has 0 atom stereocenters. The molecule has 0 bridgehead atoms. The van der Waals surface area contributed by atoms with Crippen LogP contribution in [-0.2, 0) is 0 Å². The minimum Gasteiger partial charge on any atom is -0.389 e. The number of nitrogens with one attached hydrogen (secondary N) is 1. The van der Waals surface area contributed by atoms with E-state index in [1.54, 1.807) is 18.5 Å². The number of pyridine rings is 1. The first-order chi connectivity index (χ1) is 8.15. The van der Waals surface area contributed by atoms with E-state index in [1.807, 2.05) is 13.0 Å². The van der Waals surface area contributed by atoms with Crippen LogP contribution in [0.4, 0.5) is 11.5 Å². The van der Waals surface area contributed by atoms with E-state index < -0.39 is 0 Å². The predicted octanol–water partition coefficient (Wildman–Crippen LogP) is 1.56. The van der Waals surface area contributed by atoms with Gasteiger partial charge in [-0.15, -0.1) is 0 Å². The quantitative estimate of drug-likeness (QED) is 0.799. The highest BCUT2D eigenvalue weighted by Gasteiger charge is 2.03. The summed E-state index contributed by atoms with van der Waals surface area (Å²) in [6.45, 7) is 1.88. The van der Waals surface area contributed by atoms with Gasteiger partial charge in [-0.2, -0.15) is 0 Å². The van der Waals surface area contributed by atoms with Gasteiger partial charge in [0.15, 0.2) is 0 Å². The number of aromatic nitrogens is 3. The molecule has 0 saturated heterocycles. The second-order valence-corrected chi connectivity index (χ2v) is 3.94. The van der Waals surface area contributed by atoms with Gasteiger partial charge in [0.05, 0.1) is 18.1 Å². The Balaban J connectivity index is 2.30. The van der Waals surface area contributed by atoms with Gasteiger partial charge >= 0.3 is 0 Å². The van der Waals surface area contributed by atoms with Gasteiger partial charge in [0.25, 0.3) is 0 Å². The van der Waals surface area contributed by atoms with Crippen molar-refractivity contribution in [2.75, 3.05) is 5.32 Å². The Labute approximate surface area is 104 Å². The normalized spacial score (nSPS) is 9.94. The lowest BCUT2D eigenvalue weighted by atomic mass is 10.2. The van der Waals surface area contributed by atoms with E-state index in [4.69, 9.17) is 18.0 Å². The topological polar surface area (TPSA) is 76.7 Å². The molecule has 0 saturated carbocycles. The summed E-state index contributed by atoms with van der Waals surface area (Å²) in [5.41, 5.74) is 7.99. The Hall–Kier alpha value is -2.08. The SMILES string of the molecule is Cc1cc(C(N)=S)cc(Nc2cncnc2)n1. The van der Waals surface area contributed by atoms with Gasteiger partial charge in [0.1, 0.15) is 17.1 Å². The third-order valence-corrected chi connectivity index (χ3v) is 2.31. The number of hydrogen-bond acceptors (Lipinski definition) is 5. The van der Waals surface area contributed by atoms with Gasteiger partial charge in [-0.05, 0) is 19.1 Å². The molecule has 2 heterocycles. The van der Waals surface area contributed by atoms with Crippen LogP contribution in [0, 0.1) is 6.92 Å². The summed E-state index contributed by atoms with van der Waals surface area (Å²) in [7, 11) is 0. The summed E-state index contributed by atoms with van der Waals surface area (Å²) >= 11 is 4.94. The van der Waals surface area contributed by atoms with Crippen molar-refractivity contribution in [3.05, 3.63) is 42.1 Å². The number of nitrogens with two attached hydrogens (primary N) is 1. The molecule has 0 aliphatic rings. The minimum atomic E-state index is 0.350. The first-order valence-electron chi connectivity index (χ1n) is 4.95. The molecule has 86 valence electrons. The van der Waals surface area contributed by atoms with Gasteiger partial charge in [-0.25, -0.2) is 15.0 Å². The lowest BCUT2D eigenvalue weighted by molar-refractivity contribution is 1.15. The Kier molecular flexibility index (Phi) is 3.24. The molecule has 2 aromatic heterocycles. The summed E-state index contributed by atoms with van der Waals surface area (Å²) in [5.74, 6) is 0.669. The van der Waals surface area contributed by atoms with Crippen molar-refractivity contribution >= 4 is 28.7 Å². The van der Waals surface area contributed by atoms with Crippen LogP contribution in [0.2, 0.25) is 0 Å². The molecule has 2 aromatic rings. The van der Waals surface area contributed by atoms with Crippen LogP contribution >= 0.6 is 12.2 Å². The number of anilines is 2. The molecular formula is C11H11N5S. The molecule has 0 aliphatic heterocycles. The molecular weight excluding hydrogens is 234 g/mol. The minimum absolute atomic E-state index is 0.350. The van der Waals surface area contributed by atoms with Crippen molar-refractivity contribution in [1.82, 2.24) is 15.0 Å². The largest absolute Gasteiger partial charge is 0.389 e. The van der Waals surface area contributed by atoms with Crippen LogP contribution in [0.1, 0.15) is 11.3 Å². The zero-order valence-electron chi connectivity index (χ0n) is 9.21. The summed E-state index contributed by atoms with van der Waals surface area (Å²) < 4.78 is 0. The molecule has 0 unspecified atom stereocenters. The monoisotopic (exact) mass is 245 g/mol. The molecule has 0 aromatic carbocycles. The molecule has 5 nitrogen and oxygen atoms in total. The lowest BCUT2D eigenvalue weighted by Gasteiger charge is -2.07. The smallest absolute Gasteiger partial charge is 0.131 e. The molecule has 0 fully saturated rings. The van der Waals surface area contributed by atoms with Crippen LogP contribution in [0.25, 0.3) is 0 Å². The third-order valence-electron chi connectivity index (χ3n) is 2.07. The van der Waals surface area contributed by atoms with E-state index in [2.05, 4.69) is 20.3 Å². The number of hydrogen-bond donors (Lipinski definition) is 2. The second kappa shape index (κ2) is 4.84. The molecule has 0 radical (unpaired) electrons. The molecule has 6 heteroatoms. The van der Waals surface area contributed by atoms with Gasteiger partial charge in [0, 0.05) is 11.3 Å². The fourth-order valence-corrected chi connectivity index (χ4v) is 1.50. The molecule has 17 heavy (non-hydrogen) atoms. The number of thiocarbonyl (C=S) groups is 1. The van der Waals surface area contributed by atoms with Crippen molar-refractivity contribution in [1.29, 1.82) is 0 Å². The highest BCUT2D eigenvalue weighted by atomic mass is 32.1. The molecule has 0 aliphatic carbocycles. The van der Waals surface area contributed by atoms with Crippen LogP contribution in [-0.4, -0.2) is 19.9 Å². The number of aryl methyl sites for hydroxylation is 1. The fraction of sp³-hybridized carbons (Fsp3) is 0.0909. The van der Waals surface area contributed by atoms with Gasteiger partial charge in [0.2, 0.25) is 0 Å². The van der Waals surface area contributed by atoms with E-state index in [9.17, 15) is 0 Å². The van der Waals surface area contributed by atoms with E-state index in [0.29, 0.717) is 10.8 Å². The fourth-order valence-electron chi connectivity index (χ4n) is 1.39. The number of nitrogens with zero attached hydrogens (tertiary/aromatic N) is 3. The van der Waals surface area contributed by atoms with Crippen molar-refractivity contribution in [2.24, 2.45) is 5.73 Å². The van der Waals surface area contributed by atoms with E-state index >= 15 is 0 Å². The third kappa shape index (κ3) is 2.94. The molecule has 0 spiro atoms. The summed E-state index contributed by atoms with van der Waals surface area (Å²) in [6.07, 6.45) is 4.80. The van der Waals surface area contributed by atoms with E-state index in [-0.39, 0.29) is 0 Å². The molecule has 3 N–H and O–H groups in total. The van der Waals surface area contributed by atoms with Crippen molar-refractivity contribution in [3.8, 4) is 0 Å². The van der Waals surface area contributed by atoms with Crippen molar-refractivity contribution < 1.29 is 0 Å². The van der Waals surface area contributed by atoms with E-state index in [0.717, 1.165) is 16.9 Å². The zero-order chi connectivity index (χ0) is 12.3. The van der Waals surface area contributed by atoms with Crippen LogP contribution in [0.5, 0.6) is 0 Å². The first-order valence-corrected chi connectivity index (χ1v) is 5.36. The average Bonchev–Trinajstić information content (AvgIpc) is 2.29. The Morgan fingerprint density at radius 2 is 2.00 bits per heavy atom. The van der Waals surface area contributed by atoms with Crippen molar-refractivity contribution in [2.45, 2.75) is 6.92 Å². The van der Waals surface area contributed by atoms with Gasteiger partial charge < -0.3 is 11.1 Å². The lowest BCUT2D eigenvalue weighted by Crippen LogP contribution is -2.10.